The second kappa shape index (κ2) is 8.51. The number of fused-ring (bicyclic) bond motifs is 1. The zero-order valence-corrected chi connectivity index (χ0v) is 17.9. The van der Waals surface area contributed by atoms with E-state index in [0.717, 1.165) is 11.1 Å². The molecule has 3 aliphatic rings. The van der Waals surface area contributed by atoms with E-state index < -0.39 is 23.7 Å². The lowest BCUT2D eigenvalue weighted by molar-refractivity contribution is -0.136. The molecule has 2 saturated heterocycles. The highest BCUT2D eigenvalue weighted by molar-refractivity contribution is 6.05. The molecule has 172 valence electrons. The first-order valence-electron chi connectivity index (χ1n) is 10.9. The van der Waals surface area contributed by atoms with Crippen molar-refractivity contribution in [3.8, 4) is 0 Å². The first-order valence-corrected chi connectivity index (χ1v) is 10.9. The number of aromatic nitrogens is 1. The molecular weight excluding hydrogens is 432 g/mol. The summed E-state index contributed by atoms with van der Waals surface area (Å²) in [6.45, 7) is 3.50. The molecule has 1 N–H and O–H groups in total. The maximum Gasteiger partial charge on any atom is 0.255 e. The largest absolute Gasteiger partial charge is 0.366 e. The summed E-state index contributed by atoms with van der Waals surface area (Å²) in [5.74, 6) is -2.93. The van der Waals surface area contributed by atoms with Gasteiger partial charge in [0.05, 0.1) is 5.69 Å². The van der Waals surface area contributed by atoms with E-state index in [-0.39, 0.29) is 23.9 Å². The van der Waals surface area contributed by atoms with E-state index in [0.29, 0.717) is 51.3 Å². The smallest absolute Gasteiger partial charge is 0.255 e. The molecule has 10 heteroatoms. The molecule has 5 rings (SSSR count). The summed E-state index contributed by atoms with van der Waals surface area (Å²) in [4.78, 5) is 45.4. The van der Waals surface area contributed by atoms with Crippen LogP contribution in [0.25, 0.3) is 0 Å². The average molecular weight is 455 g/mol. The summed E-state index contributed by atoms with van der Waals surface area (Å²) in [6, 6.07) is 6.56. The van der Waals surface area contributed by atoms with E-state index in [4.69, 9.17) is 0 Å². The number of carbonyl (C=O) groups is 3. The molecular formula is C23H23F2N5O3. The number of rotatable bonds is 4. The number of piperazine rings is 1. The van der Waals surface area contributed by atoms with E-state index in [1.54, 1.807) is 6.07 Å². The van der Waals surface area contributed by atoms with E-state index in [1.165, 1.54) is 17.2 Å². The molecule has 8 nitrogen and oxygen atoms in total. The Labute approximate surface area is 189 Å². The van der Waals surface area contributed by atoms with Crippen molar-refractivity contribution in [1.82, 2.24) is 20.1 Å². The Morgan fingerprint density at radius 3 is 2.61 bits per heavy atom. The van der Waals surface area contributed by atoms with Gasteiger partial charge in [-0.05, 0) is 29.7 Å². The van der Waals surface area contributed by atoms with Crippen molar-refractivity contribution in [1.29, 1.82) is 0 Å². The van der Waals surface area contributed by atoms with Crippen molar-refractivity contribution < 1.29 is 23.2 Å². The highest BCUT2D eigenvalue weighted by Gasteiger charge is 2.39. The van der Waals surface area contributed by atoms with Gasteiger partial charge >= 0.3 is 0 Å². The monoisotopic (exact) mass is 455 g/mol. The van der Waals surface area contributed by atoms with Crippen molar-refractivity contribution >= 4 is 23.4 Å². The zero-order chi connectivity index (χ0) is 23.1. The Balaban J connectivity index is 1.22. The number of nitrogens with zero attached hydrogens (tertiary/aromatic N) is 4. The molecule has 1 aromatic carbocycles. The van der Waals surface area contributed by atoms with E-state index in [2.05, 4.69) is 15.2 Å². The molecule has 0 radical (unpaired) electrons. The van der Waals surface area contributed by atoms with E-state index in [1.807, 2.05) is 17.0 Å². The SMILES string of the molecule is O=C1CCC(N2Cc3cc(CN4CCN(c5ccnc(F)c5F)CC4)ccc3C2=O)C(=O)N1. The molecule has 4 heterocycles. The van der Waals surface area contributed by atoms with Gasteiger partial charge in [0, 0.05) is 57.4 Å². The van der Waals surface area contributed by atoms with Crippen LogP contribution in [0.3, 0.4) is 0 Å². The van der Waals surface area contributed by atoms with E-state index >= 15 is 0 Å². The van der Waals surface area contributed by atoms with Crippen LogP contribution in [0, 0.1) is 11.8 Å². The van der Waals surface area contributed by atoms with Gasteiger partial charge in [-0.1, -0.05) is 12.1 Å². The maximum atomic E-state index is 14.0. The number of nitrogens with one attached hydrogen (secondary N) is 1. The summed E-state index contributed by atoms with van der Waals surface area (Å²) in [5, 5.41) is 2.31. The van der Waals surface area contributed by atoms with Crippen LogP contribution < -0.4 is 10.2 Å². The van der Waals surface area contributed by atoms with Gasteiger partial charge in [-0.3, -0.25) is 24.6 Å². The average Bonchev–Trinajstić information content (AvgIpc) is 3.12. The zero-order valence-electron chi connectivity index (χ0n) is 17.9. The molecule has 3 aliphatic heterocycles. The number of pyridine rings is 1. The van der Waals surface area contributed by atoms with Crippen LogP contribution in [0.15, 0.2) is 30.5 Å². The lowest BCUT2D eigenvalue weighted by Gasteiger charge is -2.36. The van der Waals surface area contributed by atoms with Crippen LogP contribution in [-0.2, 0) is 22.7 Å². The number of imide groups is 1. The number of halogens is 2. The third kappa shape index (κ3) is 4.06. The minimum absolute atomic E-state index is 0.189. The number of hydrogen-bond acceptors (Lipinski definition) is 6. The number of carbonyl (C=O) groups excluding carboxylic acids is 3. The predicted molar refractivity (Wildman–Crippen MR) is 114 cm³/mol. The fourth-order valence-electron chi connectivity index (χ4n) is 4.78. The summed E-state index contributed by atoms with van der Waals surface area (Å²) in [5.41, 5.74) is 2.73. The number of anilines is 1. The highest BCUT2D eigenvalue weighted by Crippen LogP contribution is 2.29. The summed E-state index contributed by atoms with van der Waals surface area (Å²) < 4.78 is 27.5. The molecule has 0 aliphatic carbocycles. The van der Waals surface area contributed by atoms with Crippen LogP contribution in [0.2, 0.25) is 0 Å². The van der Waals surface area contributed by atoms with Crippen LogP contribution in [0.1, 0.15) is 34.3 Å². The molecule has 33 heavy (non-hydrogen) atoms. The van der Waals surface area contributed by atoms with Crippen molar-refractivity contribution in [3.05, 3.63) is 58.9 Å². The molecule has 0 spiro atoms. The van der Waals surface area contributed by atoms with Gasteiger partial charge in [0.25, 0.3) is 11.9 Å². The Morgan fingerprint density at radius 1 is 1.06 bits per heavy atom. The standard InChI is InChI=1S/C23H23F2N5O3/c24-20-17(5-6-26-21(20)25)29-9-7-28(8-10-29)12-14-1-2-16-15(11-14)13-30(23(16)33)18-3-4-19(31)27-22(18)32/h1-2,5-6,11,18H,3-4,7-10,12-13H2,(H,27,31,32). The lowest BCUT2D eigenvalue weighted by atomic mass is 10.0. The number of piperidine rings is 1. The topological polar surface area (TPSA) is 85.9 Å². The van der Waals surface area contributed by atoms with Gasteiger partial charge < -0.3 is 9.80 Å². The minimum atomic E-state index is -1.09. The second-order valence-electron chi connectivity index (χ2n) is 8.59. The third-order valence-corrected chi connectivity index (χ3v) is 6.53. The van der Waals surface area contributed by atoms with Gasteiger partial charge in [0.1, 0.15) is 6.04 Å². The quantitative estimate of drug-likeness (QED) is 0.555. The third-order valence-electron chi connectivity index (χ3n) is 6.53. The molecule has 3 amide bonds. The van der Waals surface area contributed by atoms with Crippen LogP contribution in [-0.4, -0.2) is 64.7 Å². The Kier molecular flexibility index (Phi) is 5.53. The normalized spacial score (nSPS) is 21.4. The fraction of sp³-hybridized carbons (Fsp3) is 0.391. The van der Waals surface area contributed by atoms with Gasteiger partial charge in [-0.2, -0.15) is 8.78 Å². The maximum absolute atomic E-state index is 14.0. The second-order valence-corrected chi connectivity index (χ2v) is 8.59. The molecule has 2 fully saturated rings. The molecule has 0 bridgehead atoms. The Bertz CT molecular complexity index is 1130. The first kappa shape index (κ1) is 21.4. The number of benzene rings is 1. The van der Waals surface area contributed by atoms with E-state index in [9.17, 15) is 23.2 Å². The summed E-state index contributed by atoms with van der Waals surface area (Å²) in [7, 11) is 0. The highest BCUT2D eigenvalue weighted by atomic mass is 19.2. The molecule has 1 aromatic heterocycles. The molecule has 2 aromatic rings. The molecule has 1 atom stereocenters. The Morgan fingerprint density at radius 2 is 1.85 bits per heavy atom. The van der Waals surface area contributed by atoms with Gasteiger partial charge in [-0.25, -0.2) is 4.98 Å². The summed E-state index contributed by atoms with van der Waals surface area (Å²) >= 11 is 0. The summed E-state index contributed by atoms with van der Waals surface area (Å²) in [6.07, 6.45) is 1.83. The van der Waals surface area contributed by atoms with Crippen molar-refractivity contribution in [2.75, 3.05) is 31.1 Å². The number of hydrogen-bond donors (Lipinski definition) is 1. The molecule has 0 saturated carbocycles. The number of amides is 3. The van der Waals surface area contributed by atoms with Gasteiger partial charge in [-0.15, -0.1) is 0 Å². The van der Waals surface area contributed by atoms with Crippen LogP contribution >= 0.6 is 0 Å². The fourth-order valence-corrected chi connectivity index (χ4v) is 4.78. The van der Waals surface area contributed by atoms with Gasteiger partial charge in [0.15, 0.2) is 0 Å². The van der Waals surface area contributed by atoms with Crippen LogP contribution in [0.5, 0.6) is 0 Å². The van der Waals surface area contributed by atoms with Crippen molar-refractivity contribution in [2.45, 2.75) is 32.0 Å². The van der Waals surface area contributed by atoms with Crippen molar-refractivity contribution in [3.63, 3.8) is 0 Å². The van der Waals surface area contributed by atoms with Crippen LogP contribution in [0.4, 0.5) is 14.5 Å². The molecule has 1 unspecified atom stereocenters. The predicted octanol–water partition coefficient (Wildman–Crippen LogP) is 1.44. The van der Waals surface area contributed by atoms with Crippen molar-refractivity contribution in [2.24, 2.45) is 0 Å². The minimum Gasteiger partial charge on any atom is -0.366 e. The first-order chi connectivity index (χ1) is 15.9. The lowest BCUT2D eigenvalue weighted by Crippen LogP contribution is -2.52. The Hall–Kier alpha value is -3.40. The van der Waals surface area contributed by atoms with Gasteiger partial charge in [0.2, 0.25) is 17.6 Å².